The molecule has 0 bridgehead atoms. The number of nitrogens with zero attached hydrogens (tertiary/aromatic N) is 4. The number of nitrogens with one attached hydrogen (secondary N) is 1. The van der Waals surface area contributed by atoms with Crippen LogP contribution >= 0.6 is 0 Å². The van der Waals surface area contributed by atoms with Crippen molar-refractivity contribution in [2.24, 2.45) is 0 Å². The molecule has 0 unspecified atom stereocenters. The van der Waals surface area contributed by atoms with Crippen molar-refractivity contribution in [1.82, 2.24) is 20.3 Å². The highest BCUT2D eigenvalue weighted by Crippen LogP contribution is 2.07. The fourth-order valence-corrected chi connectivity index (χ4v) is 1.76. The molecule has 0 aliphatic rings. The van der Waals surface area contributed by atoms with Crippen molar-refractivity contribution in [1.29, 1.82) is 0 Å². The average Bonchev–Trinajstić information content (AvgIpc) is 2.47. The number of anilines is 1. The van der Waals surface area contributed by atoms with Crippen molar-refractivity contribution in [2.75, 3.05) is 25.5 Å². The van der Waals surface area contributed by atoms with Crippen molar-refractivity contribution in [3.05, 3.63) is 48.2 Å². The molecule has 0 amide bonds. The fourth-order valence-electron chi connectivity index (χ4n) is 1.76. The minimum atomic E-state index is 0.741. The molecule has 0 aliphatic carbocycles. The van der Waals surface area contributed by atoms with Gasteiger partial charge in [-0.25, -0.2) is 4.98 Å². The van der Waals surface area contributed by atoms with Crippen molar-refractivity contribution >= 4 is 5.82 Å². The minimum absolute atomic E-state index is 0.741. The molecule has 0 atom stereocenters. The third-order valence-corrected chi connectivity index (χ3v) is 2.87. The predicted octanol–water partition coefficient (Wildman–Crippen LogP) is 1.27. The molecule has 2 heterocycles. The maximum absolute atomic E-state index is 4.41. The van der Waals surface area contributed by atoms with Gasteiger partial charge < -0.3 is 10.2 Å². The lowest BCUT2D eigenvalue weighted by Gasteiger charge is -2.17. The van der Waals surface area contributed by atoms with Gasteiger partial charge in [-0.2, -0.15) is 0 Å². The molecule has 0 spiro atoms. The molecule has 100 valence electrons. The van der Waals surface area contributed by atoms with Crippen molar-refractivity contribution in [3.63, 3.8) is 0 Å². The predicted molar refractivity (Wildman–Crippen MR) is 76.0 cm³/mol. The summed E-state index contributed by atoms with van der Waals surface area (Å²) in [4.78, 5) is 15.2. The average molecular weight is 257 g/mol. The zero-order valence-electron chi connectivity index (χ0n) is 11.4. The van der Waals surface area contributed by atoms with E-state index in [0.717, 1.165) is 36.7 Å². The quantitative estimate of drug-likeness (QED) is 0.844. The summed E-state index contributed by atoms with van der Waals surface area (Å²) < 4.78 is 0. The summed E-state index contributed by atoms with van der Waals surface area (Å²) in [5, 5.41) is 3.05. The summed E-state index contributed by atoms with van der Waals surface area (Å²) in [6.45, 7) is 1.61. The molecule has 0 saturated heterocycles. The molecule has 2 aromatic rings. The van der Waals surface area contributed by atoms with Crippen molar-refractivity contribution in [3.8, 4) is 0 Å². The molecule has 2 aromatic heterocycles. The van der Waals surface area contributed by atoms with Gasteiger partial charge in [-0.15, -0.1) is 0 Å². The Labute approximate surface area is 113 Å². The van der Waals surface area contributed by atoms with E-state index >= 15 is 0 Å². The van der Waals surface area contributed by atoms with E-state index in [1.807, 2.05) is 50.9 Å². The molecule has 0 aromatic carbocycles. The number of rotatable bonds is 6. The highest BCUT2D eigenvalue weighted by atomic mass is 15.2. The van der Waals surface area contributed by atoms with E-state index in [4.69, 9.17) is 0 Å². The van der Waals surface area contributed by atoms with Gasteiger partial charge in [-0.1, -0.05) is 6.07 Å². The van der Waals surface area contributed by atoms with E-state index in [1.54, 1.807) is 0 Å². The Morgan fingerprint density at radius 2 is 2.00 bits per heavy atom. The maximum Gasteiger partial charge on any atom is 0.146 e. The van der Waals surface area contributed by atoms with Crippen LogP contribution in [-0.4, -0.2) is 35.6 Å². The van der Waals surface area contributed by atoms with Crippen LogP contribution in [0.2, 0.25) is 0 Å². The topological polar surface area (TPSA) is 53.9 Å². The van der Waals surface area contributed by atoms with Crippen LogP contribution in [-0.2, 0) is 13.0 Å². The zero-order chi connectivity index (χ0) is 13.5. The second kappa shape index (κ2) is 6.80. The summed E-state index contributed by atoms with van der Waals surface area (Å²) in [7, 11) is 3.92. The van der Waals surface area contributed by atoms with Gasteiger partial charge >= 0.3 is 0 Å². The first-order chi connectivity index (χ1) is 9.29. The van der Waals surface area contributed by atoms with Crippen LogP contribution in [0.4, 0.5) is 5.82 Å². The Bertz CT molecular complexity index is 483. The zero-order valence-corrected chi connectivity index (χ0v) is 11.4. The molecule has 5 heteroatoms. The Kier molecular flexibility index (Phi) is 4.80. The van der Waals surface area contributed by atoms with Crippen LogP contribution in [0.5, 0.6) is 0 Å². The van der Waals surface area contributed by atoms with E-state index in [0.29, 0.717) is 0 Å². The summed E-state index contributed by atoms with van der Waals surface area (Å²) in [6, 6.07) is 5.98. The van der Waals surface area contributed by atoms with E-state index in [9.17, 15) is 0 Å². The molecule has 0 aliphatic heterocycles. The largest absolute Gasteiger partial charge is 0.358 e. The van der Waals surface area contributed by atoms with Gasteiger partial charge in [0, 0.05) is 38.4 Å². The molecular weight excluding hydrogens is 238 g/mol. The van der Waals surface area contributed by atoms with Gasteiger partial charge in [0.1, 0.15) is 5.82 Å². The summed E-state index contributed by atoms with van der Waals surface area (Å²) >= 11 is 0. The number of aromatic nitrogens is 3. The normalized spacial score (nSPS) is 10.4. The van der Waals surface area contributed by atoms with E-state index in [2.05, 4.69) is 25.2 Å². The first kappa shape index (κ1) is 13.4. The molecule has 19 heavy (non-hydrogen) atoms. The minimum Gasteiger partial charge on any atom is -0.358 e. The van der Waals surface area contributed by atoms with Gasteiger partial charge in [0.25, 0.3) is 0 Å². The van der Waals surface area contributed by atoms with Gasteiger partial charge in [-0.05, 0) is 19.2 Å². The van der Waals surface area contributed by atoms with Crippen LogP contribution < -0.4 is 10.2 Å². The number of hydrogen-bond donors (Lipinski definition) is 1. The molecule has 0 radical (unpaired) electrons. The van der Waals surface area contributed by atoms with Crippen LogP contribution in [0.1, 0.15) is 11.4 Å². The SMILES string of the molecule is CNCc1cnc(N(C)CCc2ccccn2)cn1. The summed E-state index contributed by atoms with van der Waals surface area (Å²) in [6.07, 6.45) is 6.34. The fraction of sp³-hybridized carbons (Fsp3) is 0.357. The lowest BCUT2D eigenvalue weighted by Crippen LogP contribution is -2.22. The highest BCUT2D eigenvalue weighted by molar-refractivity contribution is 5.34. The van der Waals surface area contributed by atoms with E-state index < -0.39 is 0 Å². The maximum atomic E-state index is 4.41. The summed E-state index contributed by atoms with van der Waals surface area (Å²) in [5.74, 6) is 0.885. The molecule has 0 saturated carbocycles. The highest BCUT2D eigenvalue weighted by Gasteiger charge is 2.04. The molecule has 5 nitrogen and oxygen atoms in total. The van der Waals surface area contributed by atoms with Crippen molar-refractivity contribution < 1.29 is 0 Å². The molecule has 0 fully saturated rings. The second-order valence-corrected chi connectivity index (χ2v) is 4.39. The summed E-state index contributed by atoms with van der Waals surface area (Å²) in [5.41, 5.74) is 2.04. The smallest absolute Gasteiger partial charge is 0.146 e. The van der Waals surface area contributed by atoms with Crippen molar-refractivity contribution in [2.45, 2.75) is 13.0 Å². The van der Waals surface area contributed by atoms with Gasteiger partial charge in [0.15, 0.2) is 0 Å². The Hall–Kier alpha value is -2.01. The van der Waals surface area contributed by atoms with Gasteiger partial charge in [-0.3, -0.25) is 9.97 Å². The number of likely N-dealkylation sites (N-methyl/N-ethyl adjacent to an activating group) is 1. The third kappa shape index (κ3) is 3.99. The lowest BCUT2D eigenvalue weighted by molar-refractivity contribution is 0.777. The molecule has 1 N–H and O–H groups in total. The van der Waals surface area contributed by atoms with Crippen LogP contribution in [0.15, 0.2) is 36.8 Å². The van der Waals surface area contributed by atoms with Gasteiger partial charge in [0.05, 0.1) is 18.1 Å². The third-order valence-electron chi connectivity index (χ3n) is 2.87. The lowest BCUT2D eigenvalue weighted by atomic mass is 10.2. The van der Waals surface area contributed by atoms with Gasteiger partial charge in [0.2, 0.25) is 0 Å². The first-order valence-corrected chi connectivity index (χ1v) is 6.36. The second-order valence-electron chi connectivity index (χ2n) is 4.39. The number of pyridine rings is 1. The Morgan fingerprint density at radius 3 is 2.63 bits per heavy atom. The standard InChI is InChI=1S/C14H19N5/c1-15-9-13-10-18-14(11-17-13)19(2)8-6-12-5-3-4-7-16-12/h3-5,7,10-11,15H,6,8-9H2,1-2H3. The Balaban J connectivity index is 1.90. The van der Waals surface area contributed by atoms with Crippen LogP contribution in [0.25, 0.3) is 0 Å². The first-order valence-electron chi connectivity index (χ1n) is 6.36. The van der Waals surface area contributed by atoms with Crippen LogP contribution in [0.3, 0.4) is 0 Å². The number of hydrogen-bond acceptors (Lipinski definition) is 5. The Morgan fingerprint density at radius 1 is 1.11 bits per heavy atom. The molecule has 2 rings (SSSR count). The van der Waals surface area contributed by atoms with Crippen LogP contribution in [0, 0.1) is 0 Å². The molecular formula is C14H19N5. The monoisotopic (exact) mass is 257 g/mol. The van der Waals surface area contributed by atoms with E-state index in [-0.39, 0.29) is 0 Å². The van der Waals surface area contributed by atoms with E-state index in [1.165, 1.54) is 0 Å².